The largest absolute Gasteiger partial charge is 0.376 e. The molecule has 0 amide bonds. The number of alkyl halides is 4. The second kappa shape index (κ2) is 25.1. The number of ether oxygens (including phenoxy) is 8. The topological polar surface area (TPSA) is 73.8 Å². The fraction of sp³-hybridized carbons (Fsp3) is 0.642. The van der Waals surface area contributed by atoms with Crippen LogP contribution >= 0.6 is 46.4 Å². The average molecular weight is 1160 g/mol. The third kappa shape index (κ3) is 10.7. The number of hydrogen-bond donors (Lipinski definition) is 0. The molecule has 12 rings (SSSR count). The van der Waals surface area contributed by atoms with Gasteiger partial charge in [-0.3, -0.25) is 0 Å². The number of fused-ring (bicyclic) bond motifs is 8. The van der Waals surface area contributed by atoms with E-state index in [9.17, 15) is 0 Å². The van der Waals surface area contributed by atoms with Crippen LogP contribution in [0.2, 0.25) is 0 Å². The highest BCUT2D eigenvalue weighted by Gasteiger charge is 2.75. The van der Waals surface area contributed by atoms with E-state index in [4.69, 9.17) is 84.3 Å². The Morgan fingerprint density at radius 2 is 0.747 bits per heavy atom. The standard InChI is InChI=1S/C67H84Cl4O8/c1-2-15-53(65-29-25-60(77-65)50(56(65)34-69)42-73-38-46-18-9-4-10-19-46)63(67-31-27-62(79-67)52(58(67)36-71)44-75-40-48-22-13-6-14-23-48)54(66-30-26-61(78-66)51(57(66)35-70)43-74-39-47-20-11-5-12-21-47)32-64-28-24-59(76-64)49(55(64)33-68)41-72-37-45-16-7-3-8-17-45/h3-14,16-23,49-63H,2,15,24-44H2,1H3. The smallest absolute Gasteiger partial charge is 0.0766 e. The molecule has 0 saturated carbocycles. The molecule has 0 aliphatic carbocycles. The van der Waals surface area contributed by atoms with Crippen LogP contribution in [0.25, 0.3) is 0 Å². The molecule has 8 heterocycles. The van der Waals surface area contributed by atoms with Crippen LogP contribution in [-0.2, 0) is 64.3 Å². The number of rotatable bonds is 29. The molecule has 4 aromatic carbocycles. The lowest BCUT2D eigenvalue weighted by molar-refractivity contribution is -0.200. The van der Waals surface area contributed by atoms with Gasteiger partial charge in [0.05, 0.1) is 99.7 Å². The van der Waals surface area contributed by atoms with E-state index in [0.29, 0.717) is 76.4 Å². The third-order valence-corrected chi connectivity index (χ3v) is 22.9. The van der Waals surface area contributed by atoms with Crippen molar-refractivity contribution in [3.05, 3.63) is 144 Å². The van der Waals surface area contributed by atoms with Crippen LogP contribution in [0.15, 0.2) is 121 Å². The molecule has 4 aromatic rings. The molecular formula is C67H84Cl4O8. The monoisotopic (exact) mass is 1160 g/mol. The van der Waals surface area contributed by atoms with Crippen molar-refractivity contribution in [1.29, 1.82) is 0 Å². The zero-order valence-corrected chi connectivity index (χ0v) is 49.3. The molecule has 0 spiro atoms. The Labute approximate surface area is 490 Å². The SMILES string of the molecule is CCCC(C(C(CC12CCC(O1)C(COCc1ccccc1)C2CCl)C12CCC(O1)C(COCc1ccccc1)C2CCl)C12CCC(O1)C(COCc1ccccc1)C2CCl)C12CCC(O1)C(COCc1ccccc1)C2CCl. The molecule has 8 aliphatic rings. The molecule has 8 fully saturated rings. The number of hydrogen-bond acceptors (Lipinski definition) is 8. The zero-order valence-electron chi connectivity index (χ0n) is 46.2. The Bertz CT molecular complexity index is 2550. The summed E-state index contributed by atoms with van der Waals surface area (Å²) in [5.41, 5.74) is 2.38. The first kappa shape index (κ1) is 57.2. The molecular weight excluding hydrogens is 1070 g/mol. The molecule has 0 radical (unpaired) electrons. The highest BCUT2D eigenvalue weighted by molar-refractivity contribution is 6.18. The van der Waals surface area contributed by atoms with Gasteiger partial charge in [0.15, 0.2) is 0 Å². The predicted molar refractivity (Wildman–Crippen MR) is 313 cm³/mol. The van der Waals surface area contributed by atoms with Crippen LogP contribution in [0.4, 0.5) is 0 Å². The first-order valence-corrected chi connectivity index (χ1v) is 32.4. The lowest BCUT2D eigenvalue weighted by Gasteiger charge is -2.58. The van der Waals surface area contributed by atoms with Gasteiger partial charge in [0, 0.05) is 70.9 Å². The fourth-order valence-corrected chi connectivity index (χ4v) is 20.2. The first-order valence-electron chi connectivity index (χ1n) is 30.2. The Balaban J connectivity index is 0.960. The maximum Gasteiger partial charge on any atom is 0.0766 e. The number of halogens is 4. The quantitative estimate of drug-likeness (QED) is 0.0498. The van der Waals surface area contributed by atoms with Gasteiger partial charge in [-0.15, -0.1) is 46.4 Å². The maximum absolute atomic E-state index is 8.03. The Kier molecular flexibility index (Phi) is 18.2. The average Bonchev–Trinajstić information content (AvgIpc) is 3.73. The van der Waals surface area contributed by atoms with Crippen molar-refractivity contribution in [2.75, 3.05) is 49.9 Å². The minimum Gasteiger partial charge on any atom is -0.376 e. The van der Waals surface area contributed by atoms with E-state index < -0.39 is 22.4 Å². The van der Waals surface area contributed by atoms with E-state index in [1.54, 1.807) is 0 Å². The molecule has 79 heavy (non-hydrogen) atoms. The van der Waals surface area contributed by atoms with Crippen molar-refractivity contribution >= 4 is 46.4 Å². The maximum atomic E-state index is 8.03. The van der Waals surface area contributed by atoms with Gasteiger partial charge >= 0.3 is 0 Å². The molecule has 8 saturated heterocycles. The van der Waals surface area contributed by atoms with Gasteiger partial charge < -0.3 is 37.9 Å². The van der Waals surface area contributed by atoms with Crippen LogP contribution in [0.3, 0.4) is 0 Å². The van der Waals surface area contributed by atoms with Gasteiger partial charge in [0.1, 0.15) is 0 Å². The molecule has 0 N–H and O–H groups in total. The zero-order chi connectivity index (χ0) is 54.0. The molecule has 19 unspecified atom stereocenters. The Hall–Kier alpha value is -2.28. The lowest BCUT2D eigenvalue weighted by Crippen LogP contribution is -2.64. The van der Waals surface area contributed by atoms with Crippen molar-refractivity contribution in [2.45, 2.75) is 151 Å². The summed E-state index contributed by atoms with van der Waals surface area (Å²) >= 11 is 30.1. The molecule has 12 heteroatoms. The molecule has 428 valence electrons. The minimum absolute atomic E-state index is 0.00556. The van der Waals surface area contributed by atoms with E-state index in [-0.39, 0.29) is 89.5 Å². The first-order chi connectivity index (χ1) is 38.8. The van der Waals surface area contributed by atoms with Crippen molar-refractivity contribution in [2.24, 2.45) is 65.1 Å². The van der Waals surface area contributed by atoms with Gasteiger partial charge in [0.25, 0.3) is 0 Å². The molecule has 0 aromatic heterocycles. The van der Waals surface area contributed by atoms with Gasteiger partial charge in [-0.2, -0.15) is 0 Å². The molecule has 19 atom stereocenters. The van der Waals surface area contributed by atoms with Crippen molar-refractivity contribution in [3.63, 3.8) is 0 Å². The fourth-order valence-electron chi connectivity index (χ4n) is 18.2. The number of benzene rings is 4. The summed E-state index contributed by atoms with van der Waals surface area (Å²) in [6.07, 6.45) is 10.3. The van der Waals surface area contributed by atoms with Crippen molar-refractivity contribution in [1.82, 2.24) is 0 Å². The van der Waals surface area contributed by atoms with E-state index >= 15 is 0 Å². The summed E-state index contributed by atoms with van der Waals surface area (Å²) in [6, 6.07) is 42.0. The summed E-state index contributed by atoms with van der Waals surface area (Å²) in [6.45, 7) is 6.89. The molecule has 8 nitrogen and oxygen atoms in total. The Morgan fingerprint density at radius 3 is 1.14 bits per heavy atom. The van der Waals surface area contributed by atoms with Crippen molar-refractivity contribution < 1.29 is 37.9 Å². The summed E-state index contributed by atoms with van der Waals surface area (Å²) in [5, 5.41) is 0. The highest BCUT2D eigenvalue weighted by Crippen LogP contribution is 2.71. The van der Waals surface area contributed by atoms with Crippen LogP contribution < -0.4 is 0 Å². The molecule has 8 aliphatic heterocycles. The van der Waals surface area contributed by atoms with Crippen LogP contribution in [0.1, 0.15) is 99.8 Å². The Morgan fingerprint density at radius 1 is 0.418 bits per heavy atom. The highest BCUT2D eigenvalue weighted by atomic mass is 35.5. The van der Waals surface area contributed by atoms with E-state index in [1.165, 1.54) is 16.7 Å². The molecule has 8 bridgehead atoms. The van der Waals surface area contributed by atoms with Crippen LogP contribution in [0, 0.1) is 65.1 Å². The summed E-state index contributed by atoms with van der Waals surface area (Å²) in [5.74, 6) is 2.51. The van der Waals surface area contributed by atoms with E-state index in [2.05, 4.69) is 128 Å². The van der Waals surface area contributed by atoms with Crippen molar-refractivity contribution in [3.8, 4) is 0 Å². The van der Waals surface area contributed by atoms with Gasteiger partial charge in [-0.25, -0.2) is 0 Å². The summed E-state index contributed by atoms with van der Waals surface area (Å²) in [4.78, 5) is 0. The van der Waals surface area contributed by atoms with E-state index in [1.807, 2.05) is 0 Å². The minimum atomic E-state index is -0.622. The van der Waals surface area contributed by atoms with Gasteiger partial charge in [0.2, 0.25) is 0 Å². The van der Waals surface area contributed by atoms with E-state index in [0.717, 1.165) is 76.2 Å². The van der Waals surface area contributed by atoms with Crippen LogP contribution in [0.5, 0.6) is 0 Å². The van der Waals surface area contributed by atoms with Gasteiger partial charge in [-0.1, -0.05) is 135 Å². The summed E-state index contributed by atoms with van der Waals surface area (Å²) < 4.78 is 58.4. The third-order valence-electron chi connectivity index (χ3n) is 21.5. The van der Waals surface area contributed by atoms with Crippen LogP contribution in [-0.4, -0.2) is 96.8 Å². The normalized spacial score (nSPS) is 37.8. The lowest BCUT2D eigenvalue weighted by atomic mass is 9.48. The predicted octanol–water partition coefficient (Wildman–Crippen LogP) is 14.5. The second-order valence-corrected chi connectivity index (χ2v) is 26.4. The summed E-state index contributed by atoms with van der Waals surface area (Å²) in [7, 11) is 0. The van der Waals surface area contributed by atoms with Gasteiger partial charge in [-0.05, 0) is 104 Å². The second-order valence-electron chi connectivity index (χ2n) is 25.1.